The number of hydrogen-bond donors (Lipinski definition) is 1. The number of aromatic nitrogens is 1. The largest absolute Gasteiger partial charge is 0.313 e. The highest BCUT2D eigenvalue weighted by atomic mass is 19.1. The molecule has 0 aliphatic heterocycles. The molecule has 1 heterocycles. The normalized spacial score (nSPS) is 10.7. The number of nitrogens with zero attached hydrogens (tertiary/aromatic N) is 1. The van der Waals surface area contributed by atoms with Gasteiger partial charge in [0.15, 0.2) is 0 Å². The third kappa shape index (κ3) is 3.61. The molecule has 1 aromatic carbocycles. The van der Waals surface area contributed by atoms with Crippen molar-refractivity contribution in [2.75, 3.05) is 6.54 Å². The van der Waals surface area contributed by atoms with Gasteiger partial charge in [-0.3, -0.25) is 4.98 Å². The number of rotatable bonds is 5. The number of aryl methyl sites for hydroxylation is 1. The van der Waals surface area contributed by atoms with Gasteiger partial charge >= 0.3 is 0 Å². The van der Waals surface area contributed by atoms with Crippen LogP contribution in [0.5, 0.6) is 0 Å². The van der Waals surface area contributed by atoms with E-state index in [2.05, 4.69) is 23.3 Å². The van der Waals surface area contributed by atoms with Crippen LogP contribution in [0.25, 0.3) is 11.3 Å². The zero-order valence-corrected chi connectivity index (χ0v) is 11.4. The number of nitrogens with one attached hydrogen (secondary N) is 1. The fourth-order valence-corrected chi connectivity index (χ4v) is 1.96. The maximum absolute atomic E-state index is 12.9. The van der Waals surface area contributed by atoms with E-state index in [1.54, 1.807) is 12.1 Å². The van der Waals surface area contributed by atoms with Crippen LogP contribution in [0.3, 0.4) is 0 Å². The van der Waals surface area contributed by atoms with Gasteiger partial charge in [-0.2, -0.15) is 0 Å². The fourth-order valence-electron chi connectivity index (χ4n) is 1.96. The van der Waals surface area contributed by atoms with E-state index >= 15 is 0 Å². The lowest BCUT2D eigenvalue weighted by molar-refractivity contribution is 0.628. The van der Waals surface area contributed by atoms with Gasteiger partial charge in [-0.05, 0) is 55.8 Å². The Morgan fingerprint density at radius 2 is 1.84 bits per heavy atom. The van der Waals surface area contributed by atoms with Crippen molar-refractivity contribution < 1.29 is 4.39 Å². The molecular weight excluding hydrogens is 239 g/mol. The lowest BCUT2D eigenvalue weighted by atomic mass is 10.1. The summed E-state index contributed by atoms with van der Waals surface area (Å²) < 4.78 is 12.9. The first kappa shape index (κ1) is 13.7. The van der Waals surface area contributed by atoms with Crippen molar-refractivity contribution in [3.05, 3.63) is 53.5 Å². The first-order valence-electron chi connectivity index (χ1n) is 6.64. The second kappa shape index (κ2) is 6.43. The molecule has 2 aromatic rings. The van der Waals surface area contributed by atoms with E-state index in [0.29, 0.717) is 0 Å². The molecule has 100 valence electrons. The Kier molecular flexibility index (Phi) is 4.63. The molecule has 0 atom stereocenters. The van der Waals surface area contributed by atoms with Gasteiger partial charge in [0.05, 0.1) is 5.69 Å². The molecule has 0 amide bonds. The van der Waals surface area contributed by atoms with Gasteiger partial charge in [0.2, 0.25) is 0 Å². The Morgan fingerprint density at radius 1 is 1.11 bits per heavy atom. The monoisotopic (exact) mass is 258 g/mol. The van der Waals surface area contributed by atoms with Crippen molar-refractivity contribution in [3.8, 4) is 11.3 Å². The molecule has 1 aromatic heterocycles. The lowest BCUT2D eigenvalue weighted by Gasteiger charge is -2.09. The Labute approximate surface area is 113 Å². The summed E-state index contributed by atoms with van der Waals surface area (Å²) in [6.45, 7) is 6.02. The van der Waals surface area contributed by atoms with Gasteiger partial charge in [0, 0.05) is 17.8 Å². The molecule has 2 nitrogen and oxygen atoms in total. The van der Waals surface area contributed by atoms with Crippen LogP contribution in [0.1, 0.15) is 24.6 Å². The van der Waals surface area contributed by atoms with E-state index in [-0.39, 0.29) is 5.82 Å². The first-order valence-corrected chi connectivity index (χ1v) is 6.64. The summed E-state index contributed by atoms with van der Waals surface area (Å²) in [6, 6.07) is 10.5. The molecule has 2 rings (SSSR count). The topological polar surface area (TPSA) is 24.9 Å². The third-order valence-corrected chi connectivity index (χ3v) is 3.08. The molecule has 0 fully saturated rings. The molecule has 0 unspecified atom stereocenters. The minimum absolute atomic E-state index is 0.221. The average molecular weight is 258 g/mol. The van der Waals surface area contributed by atoms with Gasteiger partial charge in [0.25, 0.3) is 0 Å². The standard InChI is InChI=1S/C16H19FN2/c1-3-10-18-11-14-6-9-16(19-12(14)2)13-4-7-15(17)8-5-13/h4-9,18H,3,10-11H2,1-2H3. The molecule has 0 spiro atoms. The van der Waals surface area contributed by atoms with Crippen LogP contribution in [0.4, 0.5) is 4.39 Å². The number of halogens is 1. The predicted molar refractivity (Wildman–Crippen MR) is 76.4 cm³/mol. The van der Waals surface area contributed by atoms with Gasteiger partial charge in [-0.15, -0.1) is 0 Å². The molecule has 0 bridgehead atoms. The second-order valence-corrected chi connectivity index (χ2v) is 4.62. The Bertz CT molecular complexity index is 535. The first-order chi connectivity index (χ1) is 9.20. The third-order valence-electron chi connectivity index (χ3n) is 3.08. The minimum Gasteiger partial charge on any atom is -0.313 e. The van der Waals surface area contributed by atoms with E-state index in [1.165, 1.54) is 17.7 Å². The summed E-state index contributed by atoms with van der Waals surface area (Å²) in [7, 11) is 0. The number of pyridine rings is 1. The highest BCUT2D eigenvalue weighted by Crippen LogP contribution is 2.19. The zero-order valence-electron chi connectivity index (χ0n) is 11.4. The van der Waals surface area contributed by atoms with Crippen LogP contribution < -0.4 is 5.32 Å². The molecule has 3 heteroatoms. The average Bonchev–Trinajstić information content (AvgIpc) is 2.42. The second-order valence-electron chi connectivity index (χ2n) is 4.62. The number of hydrogen-bond acceptors (Lipinski definition) is 2. The molecule has 0 aliphatic rings. The maximum Gasteiger partial charge on any atom is 0.123 e. The van der Waals surface area contributed by atoms with Gasteiger partial charge in [0.1, 0.15) is 5.82 Å². The van der Waals surface area contributed by atoms with E-state index in [9.17, 15) is 4.39 Å². The smallest absolute Gasteiger partial charge is 0.123 e. The van der Waals surface area contributed by atoms with Crippen LogP contribution in [0, 0.1) is 12.7 Å². The van der Waals surface area contributed by atoms with E-state index in [1.807, 2.05) is 13.0 Å². The van der Waals surface area contributed by atoms with Gasteiger partial charge in [-0.25, -0.2) is 4.39 Å². The van der Waals surface area contributed by atoms with Crippen molar-refractivity contribution in [3.63, 3.8) is 0 Å². The van der Waals surface area contributed by atoms with Crippen LogP contribution in [0.15, 0.2) is 36.4 Å². The SMILES string of the molecule is CCCNCc1ccc(-c2ccc(F)cc2)nc1C. The highest BCUT2D eigenvalue weighted by Gasteiger charge is 2.04. The fraction of sp³-hybridized carbons (Fsp3) is 0.312. The van der Waals surface area contributed by atoms with Crippen LogP contribution >= 0.6 is 0 Å². The number of benzene rings is 1. The summed E-state index contributed by atoms with van der Waals surface area (Å²) in [6.07, 6.45) is 1.13. The Morgan fingerprint density at radius 3 is 2.47 bits per heavy atom. The molecular formula is C16H19FN2. The van der Waals surface area contributed by atoms with E-state index in [4.69, 9.17) is 0 Å². The minimum atomic E-state index is -0.221. The van der Waals surface area contributed by atoms with Crippen LogP contribution in [-0.4, -0.2) is 11.5 Å². The summed E-state index contributed by atoms with van der Waals surface area (Å²) in [5, 5.41) is 3.37. The van der Waals surface area contributed by atoms with Crippen molar-refractivity contribution >= 4 is 0 Å². The van der Waals surface area contributed by atoms with Gasteiger partial charge in [-0.1, -0.05) is 13.0 Å². The molecule has 1 N–H and O–H groups in total. The van der Waals surface area contributed by atoms with E-state index in [0.717, 1.165) is 36.5 Å². The molecule has 0 radical (unpaired) electrons. The maximum atomic E-state index is 12.9. The van der Waals surface area contributed by atoms with Crippen LogP contribution in [0.2, 0.25) is 0 Å². The Hall–Kier alpha value is -1.74. The van der Waals surface area contributed by atoms with Crippen molar-refractivity contribution in [1.82, 2.24) is 10.3 Å². The summed E-state index contributed by atoms with van der Waals surface area (Å²) in [5.41, 5.74) is 4.05. The zero-order chi connectivity index (χ0) is 13.7. The predicted octanol–water partition coefficient (Wildman–Crippen LogP) is 3.70. The molecule has 0 aliphatic carbocycles. The van der Waals surface area contributed by atoms with Gasteiger partial charge < -0.3 is 5.32 Å². The highest BCUT2D eigenvalue weighted by molar-refractivity contribution is 5.59. The molecule has 0 saturated heterocycles. The van der Waals surface area contributed by atoms with Crippen molar-refractivity contribution in [2.45, 2.75) is 26.8 Å². The molecule has 0 saturated carbocycles. The lowest BCUT2D eigenvalue weighted by Crippen LogP contribution is -2.15. The summed E-state index contributed by atoms with van der Waals surface area (Å²) in [4.78, 5) is 4.59. The van der Waals surface area contributed by atoms with Crippen molar-refractivity contribution in [2.24, 2.45) is 0 Å². The summed E-state index contributed by atoms with van der Waals surface area (Å²) in [5.74, 6) is -0.221. The Balaban J connectivity index is 2.16. The van der Waals surface area contributed by atoms with Crippen molar-refractivity contribution in [1.29, 1.82) is 0 Å². The molecule has 19 heavy (non-hydrogen) atoms. The quantitative estimate of drug-likeness (QED) is 0.827. The summed E-state index contributed by atoms with van der Waals surface area (Å²) >= 11 is 0. The van der Waals surface area contributed by atoms with E-state index < -0.39 is 0 Å². The van der Waals surface area contributed by atoms with Crippen LogP contribution in [-0.2, 0) is 6.54 Å².